The van der Waals surface area contributed by atoms with E-state index >= 15 is 0 Å². The maximum atomic E-state index is 12.1. The van der Waals surface area contributed by atoms with Crippen molar-refractivity contribution in [1.29, 1.82) is 0 Å². The van der Waals surface area contributed by atoms with Crippen LogP contribution in [0.5, 0.6) is 5.75 Å². The molecule has 1 aromatic rings. The first kappa shape index (κ1) is 11.0. The summed E-state index contributed by atoms with van der Waals surface area (Å²) in [4.78, 5) is 12.1. The molecule has 4 heteroatoms. The van der Waals surface area contributed by atoms with Crippen LogP contribution in [0.25, 0.3) is 0 Å². The van der Waals surface area contributed by atoms with Crippen molar-refractivity contribution in [3.8, 4) is 5.75 Å². The van der Waals surface area contributed by atoms with Crippen LogP contribution in [0.15, 0.2) is 18.2 Å². The summed E-state index contributed by atoms with van der Waals surface area (Å²) in [5.41, 5.74) is 6.75. The van der Waals surface area contributed by atoms with Crippen molar-refractivity contribution >= 4 is 11.5 Å². The molecular weight excluding hydrogens is 206 g/mol. The third-order valence-electron chi connectivity index (χ3n) is 2.75. The van der Waals surface area contributed by atoms with Gasteiger partial charge in [-0.15, -0.1) is 0 Å². The van der Waals surface area contributed by atoms with E-state index < -0.39 is 0 Å². The summed E-state index contributed by atoms with van der Waals surface area (Å²) >= 11 is 0. The van der Waals surface area contributed by atoms with Gasteiger partial charge in [0.05, 0.1) is 7.11 Å². The number of nitrogen functional groups attached to an aromatic ring is 1. The molecule has 2 N–H and O–H groups in total. The number of hydrogen-bond acceptors (Lipinski definition) is 4. The number of Topliss-reactive ketones (excluding diaryl/α,β-unsaturated/α-hetero) is 1. The van der Waals surface area contributed by atoms with Gasteiger partial charge in [-0.05, 0) is 31.0 Å². The Hall–Kier alpha value is -1.55. The topological polar surface area (TPSA) is 61.5 Å². The second-order valence-electron chi connectivity index (χ2n) is 3.82. The number of hydrogen-bond donors (Lipinski definition) is 1. The van der Waals surface area contributed by atoms with Crippen LogP contribution in [0.1, 0.15) is 23.2 Å². The van der Waals surface area contributed by atoms with E-state index in [-0.39, 0.29) is 11.9 Å². The molecule has 0 amide bonds. The van der Waals surface area contributed by atoms with E-state index in [1.165, 1.54) is 0 Å². The highest BCUT2D eigenvalue weighted by Crippen LogP contribution is 2.24. The fourth-order valence-corrected chi connectivity index (χ4v) is 1.83. The summed E-state index contributed by atoms with van der Waals surface area (Å²) in [6, 6.07) is 5.09. The number of anilines is 1. The normalized spacial score (nSPS) is 19.7. The summed E-state index contributed by atoms with van der Waals surface area (Å²) in [7, 11) is 1.56. The summed E-state index contributed by atoms with van der Waals surface area (Å²) in [5.74, 6) is 0.587. The molecule has 1 atom stereocenters. The number of nitrogens with two attached hydrogens (primary N) is 1. The predicted octanol–water partition coefficient (Wildman–Crippen LogP) is 1.64. The highest BCUT2D eigenvalue weighted by Gasteiger charge is 2.26. The maximum Gasteiger partial charge on any atom is 0.193 e. The van der Waals surface area contributed by atoms with Crippen molar-refractivity contribution in [2.24, 2.45) is 0 Å². The van der Waals surface area contributed by atoms with E-state index in [2.05, 4.69) is 0 Å². The molecule has 86 valence electrons. The molecule has 1 heterocycles. The molecule has 0 aliphatic carbocycles. The first-order valence-corrected chi connectivity index (χ1v) is 5.31. The van der Waals surface area contributed by atoms with E-state index in [0.29, 0.717) is 23.6 Å². The van der Waals surface area contributed by atoms with Gasteiger partial charge in [0, 0.05) is 17.9 Å². The lowest BCUT2D eigenvalue weighted by molar-refractivity contribution is 0.0643. The van der Waals surface area contributed by atoms with Crippen LogP contribution in [0.2, 0.25) is 0 Å². The minimum Gasteiger partial charge on any atom is -0.497 e. The van der Waals surface area contributed by atoms with Crippen molar-refractivity contribution < 1.29 is 14.3 Å². The van der Waals surface area contributed by atoms with Crippen molar-refractivity contribution in [3.63, 3.8) is 0 Å². The van der Waals surface area contributed by atoms with Gasteiger partial charge in [0.1, 0.15) is 11.9 Å². The summed E-state index contributed by atoms with van der Waals surface area (Å²) in [5, 5.41) is 0. The second-order valence-corrected chi connectivity index (χ2v) is 3.82. The Morgan fingerprint density at radius 3 is 3.00 bits per heavy atom. The third kappa shape index (κ3) is 2.02. The van der Waals surface area contributed by atoms with E-state index in [9.17, 15) is 4.79 Å². The van der Waals surface area contributed by atoms with Crippen molar-refractivity contribution in [1.82, 2.24) is 0 Å². The van der Waals surface area contributed by atoms with Gasteiger partial charge in [-0.2, -0.15) is 0 Å². The maximum absolute atomic E-state index is 12.1. The number of carbonyl (C=O) groups excluding carboxylic acids is 1. The zero-order valence-corrected chi connectivity index (χ0v) is 9.23. The van der Waals surface area contributed by atoms with Crippen LogP contribution in [0.3, 0.4) is 0 Å². The van der Waals surface area contributed by atoms with Gasteiger partial charge < -0.3 is 15.2 Å². The minimum atomic E-state index is -0.339. The van der Waals surface area contributed by atoms with E-state index in [1.54, 1.807) is 25.3 Å². The van der Waals surface area contributed by atoms with Crippen LogP contribution >= 0.6 is 0 Å². The first-order valence-electron chi connectivity index (χ1n) is 5.31. The Morgan fingerprint density at radius 1 is 1.56 bits per heavy atom. The number of methoxy groups -OCH3 is 1. The highest BCUT2D eigenvalue weighted by atomic mass is 16.5. The number of benzene rings is 1. The Morgan fingerprint density at radius 2 is 2.38 bits per heavy atom. The van der Waals surface area contributed by atoms with Crippen LogP contribution in [-0.4, -0.2) is 25.6 Å². The lowest BCUT2D eigenvalue weighted by Crippen LogP contribution is -2.20. The van der Waals surface area contributed by atoms with Gasteiger partial charge in [0.25, 0.3) is 0 Å². The molecule has 2 rings (SSSR count). The van der Waals surface area contributed by atoms with Crippen LogP contribution in [-0.2, 0) is 4.74 Å². The summed E-state index contributed by atoms with van der Waals surface area (Å²) in [6.07, 6.45) is 1.37. The summed E-state index contributed by atoms with van der Waals surface area (Å²) in [6.45, 7) is 0.653. The number of carbonyl (C=O) groups is 1. The second kappa shape index (κ2) is 4.53. The average Bonchev–Trinajstić information content (AvgIpc) is 2.82. The van der Waals surface area contributed by atoms with Crippen molar-refractivity contribution in [2.45, 2.75) is 18.9 Å². The van der Waals surface area contributed by atoms with Gasteiger partial charge in [0.2, 0.25) is 0 Å². The molecule has 0 bridgehead atoms. The Balaban J connectivity index is 2.27. The predicted molar refractivity (Wildman–Crippen MR) is 60.7 cm³/mol. The fraction of sp³-hybridized carbons (Fsp3) is 0.417. The summed E-state index contributed by atoms with van der Waals surface area (Å²) < 4.78 is 10.4. The molecule has 0 radical (unpaired) electrons. The monoisotopic (exact) mass is 221 g/mol. The molecule has 0 aromatic heterocycles. The Kier molecular flexibility index (Phi) is 3.10. The molecule has 0 spiro atoms. The molecule has 16 heavy (non-hydrogen) atoms. The highest BCUT2D eigenvalue weighted by molar-refractivity contribution is 6.04. The largest absolute Gasteiger partial charge is 0.497 e. The van der Waals surface area contributed by atoms with Gasteiger partial charge in [0.15, 0.2) is 5.78 Å². The number of ether oxygens (including phenoxy) is 2. The molecule has 1 saturated heterocycles. The van der Waals surface area contributed by atoms with E-state index in [4.69, 9.17) is 15.2 Å². The van der Waals surface area contributed by atoms with Crippen molar-refractivity contribution in [3.05, 3.63) is 23.8 Å². The smallest absolute Gasteiger partial charge is 0.193 e. The fourth-order valence-electron chi connectivity index (χ4n) is 1.83. The molecule has 1 fully saturated rings. The molecular formula is C12H15NO3. The van der Waals surface area contributed by atoms with Gasteiger partial charge in [-0.25, -0.2) is 0 Å². The zero-order valence-electron chi connectivity index (χ0n) is 9.23. The van der Waals surface area contributed by atoms with Crippen LogP contribution in [0, 0.1) is 0 Å². The molecule has 4 nitrogen and oxygen atoms in total. The van der Waals surface area contributed by atoms with E-state index in [1.807, 2.05) is 0 Å². The van der Waals surface area contributed by atoms with Gasteiger partial charge >= 0.3 is 0 Å². The SMILES string of the molecule is COc1ccc(N)c(C(=O)C2CCCO2)c1. The molecule has 1 aliphatic heterocycles. The van der Waals surface area contributed by atoms with Crippen molar-refractivity contribution in [2.75, 3.05) is 19.5 Å². The minimum absolute atomic E-state index is 0.0473. The van der Waals surface area contributed by atoms with E-state index in [0.717, 1.165) is 12.8 Å². The standard InChI is InChI=1S/C12H15NO3/c1-15-8-4-5-10(13)9(7-8)12(14)11-3-2-6-16-11/h4-5,7,11H,2-3,6,13H2,1H3. The number of rotatable bonds is 3. The Bertz CT molecular complexity index is 397. The van der Waals surface area contributed by atoms with Crippen LogP contribution in [0.4, 0.5) is 5.69 Å². The van der Waals surface area contributed by atoms with Gasteiger partial charge in [-0.1, -0.05) is 0 Å². The first-order chi connectivity index (χ1) is 7.72. The average molecular weight is 221 g/mol. The van der Waals surface area contributed by atoms with Gasteiger partial charge in [-0.3, -0.25) is 4.79 Å². The quantitative estimate of drug-likeness (QED) is 0.622. The van der Waals surface area contributed by atoms with Crippen LogP contribution < -0.4 is 10.5 Å². The lowest BCUT2D eigenvalue weighted by atomic mass is 10.0. The zero-order chi connectivity index (χ0) is 11.5. The lowest BCUT2D eigenvalue weighted by Gasteiger charge is -2.11. The number of ketones is 1. The molecule has 1 unspecified atom stereocenters. The third-order valence-corrected chi connectivity index (χ3v) is 2.75. The molecule has 0 saturated carbocycles. The Labute approximate surface area is 94.3 Å². The molecule has 1 aliphatic rings. The molecule has 1 aromatic carbocycles.